The van der Waals surface area contributed by atoms with Crippen molar-refractivity contribution >= 4 is 39.0 Å². The molecule has 33 heavy (non-hydrogen) atoms. The van der Waals surface area contributed by atoms with Gasteiger partial charge in [0.1, 0.15) is 22.7 Å². The number of anilines is 2. The van der Waals surface area contributed by atoms with Gasteiger partial charge in [0.25, 0.3) is 0 Å². The monoisotopic (exact) mass is 467 g/mol. The predicted molar refractivity (Wildman–Crippen MR) is 134 cm³/mol. The zero-order chi connectivity index (χ0) is 23.8. The number of aromatic nitrogens is 2. The molecule has 1 N–H and O–H groups in total. The number of hydrogen-bond acceptors (Lipinski definition) is 7. The average Bonchev–Trinajstić information content (AvgIpc) is 3.13. The maximum absolute atomic E-state index is 12.3. The Morgan fingerprint density at radius 3 is 2.70 bits per heavy atom. The van der Waals surface area contributed by atoms with Crippen molar-refractivity contribution < 1.29 is 14.3 Å². The number of nitrogens with one attached hydrogen (secondary N) is 1. The number of carbonyl (C=O) groups is 1. The topological polar surface area (TPSA) is 73.3 Å². The number of hydrogen-bond donors (Lipinski definition) is 1. The Kier molecular flexibility index (Phi) is 6.61. The van der Waals surface area contributed by atoms with Gasteiger partial charge in [-0.2, -0.15) is 0 Å². The highest BCUT2D eigenvalue weighted by Gasteiger charge is 2.30. The van der Waals surface area contributed by atoms with Crippen molar-refractivity contribution in [2.75, 3.05) is 18.5 Å². The number of fused-ring (bicyclic) bond motifs is 3. The number of rotatable bonds is 6. The van der Waals surface area contributed by atoms with Gasteiger partial charge in [0.05, 0.1) is 30.2 Å². The number of thiophene rings is 1. The van der Waals surface area contributed by atoms with E-state index in [4.69, 9.17) is 9.47 Å². The van der Waals surface area contributed by atoms with E-state index in [1.54, 1.807) is 17.7 Å². The Balaban J connectivity index is 1.68. The van der Waals surface area contributed by atoms with E-state index in [2.05, 4.69) is 62.0 Å². The Hall–Kier alpha value is -2.67. The second-order valence-corrected chi connectivity index (χ2v) is 11.1. The molecule has 0 saturated carbocycles. The summed E-state index contributed by atoms with van der Waals surface area (Å²) in [6.45, 7) is 13.6. The van der Waals surface area contributed by atoms with Gasteiger partial charge in [0.15, 0.2) is 0 Å². The summed E-state index contributed by atoms with van der Waals surface area (Å²) in [4.78, 5) is 23.6. The number of nitrogens with zero attached hydrogens (tertiary/aromatic N) is 2. The van der Waals surface area contributed by atoms with E-state index in [0.29, 0.717) is 19.6 Å². The lowest BCUT2D eigenvalue weighted by Gasteiger charge is -2.22. The summed E-state index contributed by atoms with van der Waals surface area (Å²) in [6.07, 6.45) is 3.92. The molecular weight excluding hydrogens is 434 g/mol. The molecule has 0 bridgehead atoms. The minimum absolute atomic E-state index is 0.0557. The lowest BCUT2D eigenvalue weighted by Crippen LogP contribution is -2.23. The fourth-order valence-electron chi connectivity index (χ4n) is 4.09. The summed E-state index contributed by atoms with van der Waals surface area (Å²) in [6, 6.07) is 4.21. The van der Waals surface area contributed by atoms with Crippen LogP contribution in [-0.4, -0.2) is 29.2 Å². The first-order chi connectivity index (χ1) is 15.7. The number of ether oxygens (including phenoxy) is 2. The highest BCUT2D eigenvalue weighted by molar-refractivity contribution is 7.19. The highest BCUT2D eigenvalue weighted by Crippen LogP contribution is 2.41. The van der Waals surface area contributed by atoms with Crippen LogP contribution < -0.4 is 10.1 Å². The predicted octanol–water partition coefficient (Wildman–Crippen LogP) is 6.14. The number of aryl methyl sites for hydroxylation is 3. The second kappa shape index (κ2) is 9.29. The van der Waals surface area contributed by atoms with Crippen LogP contribution in [0.5, 0.6) is 5.75 Å². The van der Waals surface area contributed by atoms with Crippen LogP contribution in [0.2, 0.25) is 0 Å². The molecule has 1 unspecified atom stereocenters. The minimum Gasteiger partial charge on any atom is -0.491 e. The van der Waals surface area contributed by atoms with Gasteiger partial charge in [-0.15, -0.1) is 11.3 Å². The molecule has 2 heterocycles. The fraction of sp³-hybridized carbons (Fsp3) is 0.500. The third kappa shape index (κ3) is 5.13. The Labute approximate surface area is 199 Å². The molecule has 0 radical (unpaired) electrons. The minimum atomic E-state index is -0.0965. The summed E-state index contributed by atoms with van der Waals surface area (Å²) in [7, 11) is 0. The zero-order valence-corrected chi connectivity index (χ0v) is 21.2. The quantitative estimate of drug-likeness (QED) is 0.439. The molecule has 0 amide bonds. The summed E-state index contributed by atoms with van der Waals surface area (Å²) >= 11 is 1.66. The van der Waals surface area contributed by atoms with Crippen LogP contribution in [-0.2, 0) is 22.4 Å². The number of esters is 1. The fourth-order valence-corrected chi connectivity index (χ4v) is 5.36. The second-order valence-electron chi connectivity index (χ2n) is 10.0. The first-order valence-electron chi connectivity index (χ1n) is 11.6. The normalized spacial score (nSPS) is 15.9. The molecule has 176 valence electrons. The third-order valence-electron chi connectivity index (χ3n) is 5.97. The molecule has 0 saturated heterocycles. The van der Waals surface area contributed by atoms with E-state index in [9.17, 15) is 4.79 Å². The third-order valence-corrected chi connectivity index (χ3v) is 7.14. The SMILES string of the molecule is CCOC(=O)C1CCc2c(sc3ncnc(Nc4cc(C)c(C)cc4OCC(C)(C)C)c23)C1. The van der Waals surface area contributed by atoms with E-state index in [-0.39, 0.29) is 17.3 Å². The number of carbonyl (C=O) groups excluding carboxylic acids is 1. The van der Waals surface area contributed by atoms with E-state index in [0.717, 1.165) is 40.3 Å². The van der Waals surface area contributed by atoms with Crippen LogP contribution in [0.25, 0.3) is 10.2 Å². The Bertz CT molecular complexity index is 1180. The standard InChI is InChI=1S/C26H33N3O3S/c1-7-31-25(30)17-8-9-18-21(12-17)33-24-22(18)23(27-14-28-24)29-19-10-15(2)16(3)11-20(19)32-13-26(4,5)6/h10-11,14,17H,7-9,12-13H2,1-6H3,(H,27,28,29). The molecule has 6 nitrogen and oxygen atoms in total. The van der Waals surface area contributed by atoms with Crippen LogP contribution in [0.4, 0.5) is 11.5 Å². The van der Waals surface area contributed by atoms with E-state index < -0.39 is 0 Å². The van der Waals surface area contributed by atoms with Gasteiger partial charge in [0.2, 0.25) is 0 Å². The Morgan fingerprint density at radius 1 is 1.21 bits per heavy atom. The van der Waals surface area contributed by atoms with Crippen molar-refractivity contribution in [3.8, 4) is 5.75 Å². The lowest BCUT2D eigenvalue weighted by atomic mass is 9.88. The van der Waals surface area contributed by atoms with E-state index >= 15 is 0 Å². The first kappa shape index (κ1) is 23.5. The van der Waals surface area contributed by atoms with Crippen LogP contribution >= 0.6 is 11.3 Å². The molecule has 1 aliphatic rings. The first-order valence-corrected chi connectivity index (χ1v) is 12.4. The summed E-state index contributed by atoms with van der Waals surface area (Å²) < 4.78 is 11.5. The van der Waals surface area contributed by atoms with Gasteiger partial charge in [-0.1, -0.05) is 20.8 Å². The van der Waals surface area contributed by atoms with E-state index in [1.165, 1.54) is 21.6 Å². The zero-order valence-electron chi connectivity index (χ0n) is 20.4. The number of benzene rings is 1. The van der Waals surface area contributed by atoms with Gasteiger partial charge in [0, 0.05) is 4.88 Å². The Morgan fingerprint density at radius 2 is 1.97 bits per heavy atom. The van der Waals surface area contributed by atoms with Crippen LogP contribution in [0.3, 0.4) is 0 Å². The molecule has 0 fully saturated rings. The van der Waals surface area contributed by atoms with Gasteiger partial charge < -0.3 is 14.8 Å². The van der Waals surface area contributed by atoms with Crippen LogP contribution in [0, 0.1) is 25.2 Å². The van der Waals surface area contributed by atoms with Crippen molar-refractivity contribution in [2.24, 2.45) is 11.3 Å². The van der Waals surface area contributed by atoms with E-state index in [1.807, 2.05) is 6.92 Å². The highest BCUT2D eigenvalue weighted by atomic mass is 32.1. The smallest absolute Gasteiger partial charge is 0.309 e. The van der Waals surface area contributed by atoms with Crippen molar-refractivity contribution in [3.63, 3.8) is 0 Å². The maximum Gasteiger partial charge on any atom is 0.309 e. The van der Waals surface area contributed by atoms with Gasteiger partial charge >= 0.3 is 5.97 Å². The van der Waals surface area contributed by atoms with Crippen molar-refractivity contribution in [1.29, 1.82) is 0 Å². The van der Waals surface area contributed by atoms with Crippen LogP contribution in [0.1, 0.15) is 55.7 Å². The summed E-state index contributed by atoms with van der Waals surface area (Å²) in [5.74, 6) is 1.44. The summed E-state index contributed by atoms with van der Waals surface area (Å²) in [5, 5.41) is 4.60. The molecule has 0 spiro atoms. The van der Waals surface area contributed by atoms with Gasteiger partial charge in [-0.3, -0.25) is 4.79 Å². The molecule has 1 aliphatic carbocycles. The lowest BCUT2D eigenvalue weighted by molar-refractivity contribution is -0.148. The average molecular weight is 468 g/mol. The molecule has 1 aromatic carbocycles. The van der Waals surface area contributed by atoms with Crippen molar-refractivity contribution in [3.05, 3.63) is 40.0 Å². The maximum atomic E-state index is 12.3. The van der Waals surface area contributed by atoms with Crippen molar-refractivity contribution in [1.82, 2.24) is 9.97 Å². The molecule has 0 aliphatic heterocycles. The molecular formula is C26H33N3O3S. The van der Waals surface area contributed by atoms with Gasteiger partial charge in [-0.25, -0.2) is 9.97 Å². The largest absolute Gasteiger partial charge is 0.491 e. The van der Waals surface area contributed by atoms with Crippen LogP contribution in [0.15, 0.2) is 18.5 Å². The van der Waals surface area contributed by atoms with Gasteiger partial charge in [-0.05, 0) is 74.3 Å². The molecule has 2 aromatic heterocycles. The molecule has 1 atom stereocenters. The molecule has 7 heteroatoms. The molecule has 4 rings (SSSR count). The summed E-state index contributed by atoms with van der Waals surface area (Å²) in [5.41, 5.74) is 4.59. The van der Waals surface area contributed by atoms with Crippen molar-refractivity contribution in [2.45, 2.75) is 60.8 Å². The molecule has 3 aromatic rings.